The van der Waals surface area contributed by atoms with Crippen molar-refractivity contribution in [2.75, 3.05) is 26.7 Å². The van der Waals surface area contributed by atoms with Gasteiger partial charge in [0.25, 0.3) is 5.91 Å². The molecular weight excluding hydrogens is 392 g/mol. The lowest BCUT2D eigenvalue weighted by atomic mass is 9.86. The number of likely N-dealkylation sites (tertiary alicyclic amines) is 1. The number of fused-ring (bicyclic) bond motifs is 3. The maximum Gasteiger partial charge on any atom is 0.410 e. The molecule has 4 rings (SSSR count). The predicted molar refractivity (Wildman–Crippen MR) is 119 cm³/mol. The van der Waals surface area contributed by atoms with Gasteiger partial charge < -0.3 is 19.7 Å². The molecule has 2 aromatic carbocycles. The van der Waals surface area contributed by atoms with Gasteiger partial charge in [-0.15, -0.1) is 0 Å². The van der Waals surface area contributed by atoms with Crippen molar-refractivity contribution in [1.82, 2.24) is 10.2 Å². The van der Waals surface area contributed by atoms with Crippen LogP contribution in [0.2, 0.25) is 0 Å². The first kappa shape index (κ1) is 21.2. The second-order valence-electron chi connectivity index (χ2n) is 9.27. The number of benzene rings is 2. The van der Waals surface area contributed by atoms with Crippen molar-refractivity contribution >= 4 is 12.0 Å². The van der Waals surface area contributed by atoms with Crippen molar-refractivity contribution < 1.29 is 19.1 Å². The number of nitrogens with one attached hydrogen (secondary N) is 1. The number of hydrogen-bond acceptors (Lipinski definition) is 4. The second kappa shape index (κ2) is 8.25. The highest BCUT2D eigenvalue weighted by Gasteiger charge is 2.40. The van der Waals surface area contributed by atoms with Gasteiger partial charge in [0, 0.05) is 37.2 Å². The highest BCUT2D eigenvalue weighted by Crippen LogP contribution is 2.45. The Labute approximate surface area is 183 Å². The monoisotopic (exact) mass is 422 g/mol. The van der Waals surface area contributed by atoms with Crippen molar-refractivity contribution in [3.63, 3.8) is 0 Å². The van der Waals surface area contributed by atoms with Gasteiger partial charge >= 0.3 is 6.09 Å². The average molecular weight is 423 g/mol. The smallest absolute Gasteiger partial charge is 0.410 e. The van der Waals surface area contributed by atoms with E-state index in [1.165, 1.54) is 0 Å². The summed E-state index contributed by atoms with van der Waals surface area (Å²) in [4.78, 5) is 26.3. The Bertz CT molecular complexity index is 978. The van der Waals surface area contributed by atoms with Crippen LogP contribution >= 0.6 is 0 Å². The normalized spacial score (nSPS) is 20.2. The van der Waals surface area contributed by atoms with Crippen LogP contribution in [0.15, 0.2) is 42.5 Å². The van der Waals surface area contributed by atoms with Crippen LogP contribution in [0.4, 0.5) is 4.79 Å². The summed E-state index contributed by atoms with van der Waals surface area (Å²) in [6, 6.07) is 13.8. The lowest BCUT2D eigenvalue weighted by Gasteiger charge is -2.25. The molecule has 0 saturated carbocycles. The van der Waals surface area contributed by atoms with Gasteiger partial charge in [0.1, 0.15) is 11.4 Å². The Hall–Kier alpha value is -3.02. The summed E-state index contributed by atoms with van der Waals surface area (Å²) < 4.78 is 11.8. The van der Waals surface area contributed by atoms with E-state index >= 15 is 0 Å². The molecule has 2 aromatic rings. The Morgan fingerprint density at radius 3 is 2.52 bits per heavy atom. The molecule has 6 nitrogen and oxygen atoms in total. The van der Waals surface area contributed by atoms with Gasteiger partial charge in [0.15, 0.2) is 0 Å². The van der Waals surface area contributed by atoms with Gasteiger partial charge in [0.2, 0.25) is 0 Å². The van der Waals surface area contributed by atoms with E-state index < -0.39 is 5.60 Å². The quantitative estimate of drug-likeness (QED) is 0.777. The number of hydrogen-bond donors (Lipinski definition) is 1. The van der Waals surface area contributed by atoms with Crippen LogP contribution in [-0.2, 0) is 4.74 Å². The summed E-state index contributed by atoms with van der Waals surface area (Å²) in [5.74, 6) is 1.34. The molecule has 2 aliphatic heterocycles. The first-order valence-corrected chi connectivity index (χ1v) is 10.8. The van der Waals surface area contributed by atoms with Crippen LogP contribution < -0.4 is 10.1 Å². The summed E-state index contributed by atoms with van der Waals surface area (Å²) in [5.41, 5.74) is 3.28. The third kappa shape index (κ3) is 4.38. The Morgan fingerprint density at radius 2 is 1.84 bits per heavy atom. The zero-order valence-electron chi connectivity index (χ0n) is 18.6. The van der Waals surface area contributed by atoms with Gasteiger partial charge in [0.05, 0.1) is 6.61 Å². The van der Waals surface area contributed by atoms with Gasteiger partial charge in [-0.25, -0.2) is 4.79 Å². The number of amides is 2. The van der Waals surface area contributed by atoms with Crippen LogP contribution in [0.25, 0.3) is 11.1 Å². The SMILES string of the molecule is CNC(=O)c1ccc(-c2cccc3c2OCC[C@H]2CN(C(=O)OC(C)(C)C)C[C@H]32)cc1. The molecule has 2 heterocycles. The minimum Gasteiger partial charge on any atom is -0.493 e. The number of nitrogens with zero attached hydrogens (tertiary/aromatic N) is 1. The fraction of sp³-hybridized carbons (Fsp3) is 0.440. The van der Waals surface area contributed by atoms with Crippen LogP contribution in [0.3, 0.4) is 0 Å². The van der Waals surface area contributed by atoms with Crippen LogP contribution in [-0.4, -0.2) is 49.2 Å². The third-order valence-electron chi connectivity index (χ3n) is 5.96. The third-order valence-corrected chi connectivity index (χ3v) is 5.96. The maximum atomic E-state index is 12.6. The zero-order chi connectivity index (χ0) is 22.2. The first-order valence-electron chi connectivity index (χ1n) is 10.8. The molecule has 0 aromatic heterocycles. The fourth-order valence-corrected chi connectivity index (χ4v) is 4.48. The van der Waals surface area contributed by atoms with E-state index in [0.717, 1.165) is 28.9 Å². The van der Waals surface area contributed by atoms with Crippen LogP contribution in [0.1, 0.15) is 49.0 Å². The molecule has 2 atom stereocenters. The maximum absolute atomic E-state index is 12.6. The molecule has 0 aliphatic carbocycles. The van der Waals surface area contributed by atoms with E-state index in [9.17, 15) is 9.59 Å². The predicted octanol–water partition coefficient (Wildman–Crippen LogP) is 4.45. The second-order valence-corrected chi connectivity index (χ2v) is 9.27. The Kier molecular flexibility index (Phi) is 5.65. The topological polar surface area (TPSA) is 67.9 Å². The zero-order valence-corrected chi connectivity index (χ0v) is 18.6. The molecule has 2 amide bonds. The van der Waals surface area contributed by atoms with Gasteiger partial charge in [-0.2, -0.15) is 0 Å². The molecule has 0 radical (unpaired) electrons. The molecule has 6 heteroatoms. The molecule has 164 valence electrons. The molecule has 1 saturated heterocycles. The highest BCUT2D eigenvalue weighted by molar-refractivity contribution is 5.94. The van der Waals surface area contributed by atoms with Crippen LogP contribution in [0, 0.1) is 5.92 Å². The van der Waals surface area contributed by atoms with Crippen molar-refractivity contribution in [3.8, 4) is 16.9 Å². The van der Waals surface area contributed by atoms with Crippen molar-refractivity contribution in [3.05, 3.63) is 53.6 Å². The lowest BCUT2D eigenvalue weighted by molar-refractivity contribution is 0.0284. The lowest BCUT2D eigenvalue weighted by Crippen LogP contribution is -2.35. The largest absolute Gasteiger partial charge is 0.493 e. The number of rotatable bonds is 2. The molecule has 0 unspecified atom stereocenters. The van der Waals surface area contributed by atoms with E-state index in [-0.39, 0.29) is 17.9 Å². The highest BCUT2D eigenvalue weighted by atomic mass is 16.6. The first-order chi connectivity index (χ1) is 14.8. The molecule has 1 N–H and O–H groups in total. The Balaban J connectivity index is 1.63. The van der Waals surface area contributed by atoms with E-state index in [4.69, 9.17) is 9.47 Å². The van der Waals surface area contributed by atoms with Gasteiger partial charge in [-0.1, -0.05) is 30.3 Å². The summed E-state index contributed by atoms with van der Waals surface area (Å²) in [6.07, 6.45) is 0.650. The standard InChI is InChI=1S/C25H30N2O4/c1-25(2,3)31-24(29)27-14-18-12-13-30-22-19(6-5-7-20(22)21(18)15-27)16-8-10-17(11-9-16)23(28)26-4/h5-11,18,21H,12-15H2,1-4H3,(H,26,28)/t18-,21-/m0/s1. The summed E-state index contributed by atoms with van der Waals surface area (Å²) in [6.45, 7) is 7.61. The molecule has 31 heavy (non-hydrogen) atoms. The van der Waals surface area contributed by atoms with Gasteiger partial charge in [-0.05, 0) is 56.4 Å². The molecular formula is C25H30N2O4. The number of carbonyl (C=O) groups is 2. The van der Waals surface area contributed by atoms with Crippen molar-refractivity contribution in [2.24, 2.45) is 5.92 Å². The summed E-state index contributed by atoms with van der Waals surface area (Å²) in [7, 11) is 1.62. The van der Waals surface area contributed by atoms with E-state index in [0.29, 0.717) is 31.2 Å². The van der Waals surface area contributed by atoms with Crippen molar-refractivity contribution in [1.29, 1.82) is 0 Å². The summed E-state index contributed by atoms with van der Waals surface area (Å²) in [5, 5.41) is 2.65. The van der Waals surface area contributed by atoms with Crippen LogP contribution in [0.5, 0.6) is 5.75 Å². The van der Waals surface area contributed by atoms with Crippen molar-refractivity contribution in [2.45, 2.75) is 38.7 Å². The fourth-order valence-electron chi connectivity index (χ4n) is 4.48. The molecule has 2 aliphatic rings. The van der Waals surface area contributed by atoms with Gasteiger partial charge in [-0.3, -0.25) is 4.79 Å². The molecule has 1 fully saturated rings. The minimum atomic E-state index is -0.503. The average Bonchev–Trinajstić information content (AvgIpc) is 3.08. The Morgan fingerprint density at radius 1 is 1.10 bits per heavy atom. The van der Waals surface area contributed by atoms with E-state index in [1.54, 1.807) is 7.05 Å². The number of carbonyl (C=O) groups excluding carboxylic acids is 2. The summed E-state index contributed by atoms with van der Waals surface area (Å²) >= 11 is 0. The number of para-hydroxylation sites is 1. The molecule has 0 bridgehead atoms. The number of ether oxygens (including phenoxy) is 2. The van der Waals surface area contributed by atoms with E-state index in [1.807, 2.05) is 56.0 Å². The minimum absolute atomic E-state index is 0.106. The molecule has 0 spiro atoms. The van der Waals surface area contributed by atoms with E-state index in [2.05, 4.69) is 17.4 Å².